The zero-order chi connectivity index (χ0) is 12.3. The molecule has 6 heteroatoms. The van der Waals surface area contributed by atoms with Gasteiger partial charge in [0, 0.05) is 19.6 Å². The van der Waals surface area contributed by atoms with Crippen LogP contribution in [-0.2, 0) is 11.3 Å². The maximum atomic E-state index is 5.43. The van der Waals surface area contributed by atoms with Gasteiger partial charge >= 0.3 is 0 Å². The van der Waals surface area contributed by atoms with Gasteiger partial charge < -0.3 is 14.6 Å². The third kappa shape index (κ3) is 3.24. The molecule has 1 aliphatic heterocycles. The first-order chi connectivity index (χ1) is 8.16. The zero-order valence-electron chi connectivity index (χ0n) is 10.6. The van der Waals surface area contributed by atoms with E-state index in [1.807, 2.05) is 13.8 Å². The predicted octanol–water partition coefficient (Wildman–Crippen LogP) is 0.571. The summed E-state index contributed by atoms with van der Waals surface area (Å²) in [5.41, 5.74) is 0. The molecule has 0 aliphatic carbocycles. The van der Waals surface area contributed by atoms with Gasteiger partial charge in [-0.1, -0.05) is 5.16 Å². The van der Waals surface area contributed by atoms with Crippen molar-refractivity contribution in [3.63, 3.8) is 0 Å². The Morgan fingerprint density at radius 2 is 2.41 bits per heavy atom. The molecule has 96 valence electrons. The largest absolute Gasteiger partial charge is 0.369 e. The number of piperazine rings is 1. The van der Waals surface area contributed by atoms with E-state index in [4.69, 9.17) is 9.26 Å². The third-order valence-electron chi connectivity index (χ3n) is 2.83. The van der Waals surface area contributed by atoms with Crippen molar-refractivity contribution in [1.82, 2.24) is 20.4 Å². The Bertz CT molecular complexity index is 353. The van der Waals surface area contributed by atoms with Crippen molar-refractivity contribution in [2.24, 2.45) is 0 Å². The van der Waals surface area contributed by atoms with Crippen LogP contribution in [0.25, 0.3) is 0 Å². The molecule has 2 heterocycles. The van der Waals surface area contributed by atoms with Crippen LogP contribution in [0.4, 0.5) is 0 Å². The molecule has 1 aromatic heterocycles. The topological polar surface area (TPSA) is 63.4 Å². The molecule has 6 nitrogen and oxygen atoms in total. The van der Waals surface area contributed by atoms with Crippen LogP contribution in [0.1, 0.15) is 31.6 Å². The van der Waals surface area contributed by atoms with E-state index in [1.54, 1.807) is 0 Å². The molecule has 17 heavy (non-hydrogen) atoms. The summed E-state index contributed by atoms with van der Waals surface area (Å²) in [6.07, 6.45) is 0.171. The minimum absolute atomic E-state index is 0.171. The average Bonchev–Trinajstić information content (AvgIpc) is 2.75. The Labute approximate surface area is 101 Å². The quantitative estimate of drug-likeness (QED) is 0.830. The van der Waals surface area contributed by atoms with Gasteiger partial charge in [-0.3, -0.25) is 4.90 Å². The molecule has 1 atom stereocenters. The fourth-order valence-corrected chi connectivity index (χ4v) is 1.79. The summed E-state index contributed by atoms with van der Waals surface area (Å²) in [6.45, 7) is 7.21. The number of rotatable bonds is 4. The number of hydrogen-bond acceptors (Lipinski definition) is 6. The minimum atomic E-state index is 0.171. The maximum Gasteiger partial charge on any atom is 0.252 e. The number of likely N-dealkylation sites (N-methyl/N-ethyl adjacent to an activating group) is 1. The van der Waals surface area contributed by atoms with E-state index < -0.39 is 0 Å². The number of hydrogen-bond donors (Lipinski definition) is 1. The Morgan fingerprint density at radius 3 is 3.12 bits per heavy atom. The van der Waals surface area contributed by atoms with Crippen LogP contribution in [0.2, 0.25) is 0 Å². The molecular weight excluding hydrogens is 220 g/mol. The highest BCUT2D eigenvalue weighted by molar-refractivity contribution is 4.97. The van der Waals surface area contributed by atoms with Gasteiger partial charge in [0.1, 0.15) is 6.61 Å². The van der Waals surface area contributed by atoms with Gasteiger partial charge in [0.2, 0.25) is 0 Å². The highest BCUT2D eigenvalue weighted by atomic mass is 16.5. The second kappa shape index (κ2) is 5.57. The Hall–Kier alpha value is -0.980. The first kappa shape index (κ1) is 12.5. The summed E-state index contributed by atoms with van der Waals surface area (Å²) in [7, 11) is 2.08. The van der Waals surface area contributed by atoms with E-state index in [0.29, 0.717) is 12.5 Å². The normalized spacial score (nSPS) is 22.2. The highest BCUT2D eigenvalue weighted by Crippen LogP contribution is 2.17. The van der Waals surface area contributed by atoms with Crippen molar-refractivity contribution in [2.75, 3.05) is 26.7 Å². The summed E-state index contributed by atoms with van der Waals surface area (Å²) in [5, 5.41) is 7.35. The lowest BCUT2D eigenvalue weighted by Gasteiger charge is -2.30. The highest BCUT2D eigenvalue weighted by Gasteiger charge is 2.25. The van der Waals surface area contributed by atoms with Crippen molar-refractivity contribution in [3.05, 3.63) is 11.7 Å². The number of aromatic nitrogens is 2. The molecule has 0 aromatic carbocycles. The second-order valence-corrected chi connectivity index (χ2v) is 4.61. The molecule has 0 amide bonds. The van der Waals surface area contributed by atoms with Gasteiger partial charge in [-0.05, 0) is 20.9 Å². The lowest BCUT2D eigenvalue weighted by atomic mass is 10.2. The van der Waals surface area contributed by atoms with Crippen LogP contribution >= 0.6 is 0 Å². The smallest absolute Gasteiger partial charge is 0.252 e. The molecule has 0 saturated carbocycles. The summed E-state index contributed by atoms with van der Waals surface area (Å²) in [6, 6.07) is 0.195. The van der Waals surface area contributed by atoms with Crippen LogP contribution in [0.5, 0.6) is 0 Å². The standard InChI is InChI=1S/C11H20N4O2/c1-8(2)16-7-10-13-11(14-17-10)9-6-12-4-5-15(9)3/h8-9,12H,4-7H2,1-3H3. The van der Waals surface area contributed by atoms with Gasteiger partial charge in [-0.15, -0.1) is 0 Å². The van der Waals surface area contributed by atoms with Gasteiger partial charge in [-0.25, -0.2) is 0 Å². The molecule has 1 saturated heterocycles. The number of ether oxygens (including phenoxy) is 1. The first-order valence-electron chi connectivity index (χ1n) is 6.02. The minimum Gasteiger partial charge on any atom is -0.369 e. The summed E-state index contributed by atoms with van der Waals surface area (Å²) < 4.78 is 10.6. The molecule has 1 aromatic rings. The molecular formula is C11H20N4O2. The molecule has 1 unspecified atom stereocenters. The molecule has 1 fully saturated rings. The fourth-order valence-electron chi connectivity index (χ4n) is 1.79. The van der Waals surface area contributed by atoms with E-state index in [0.717, 1.165) is 25.5 Å². The lowest BCUT2D eigenvalue weighted by Crippen LogP contribution is -2.44. The van der Waals surface area contributed by atoms with Crippen LogP contribution in [0.3, 0.4) is 0 Å². The third-order valence-corrected chi connectivity index (χ3v) is 2.83. The fraction of sp³-hybridized carbons (Fsp3) is 0.818. The molecule has 0 spiro atoms. The number of nitrogens with one attached hydrogen (secondary N) is 1. The van der Waals surface area contributed by atoms with E-state index >= 15 is 0 Å². The molecule has 2 rings (SSSR count). The van der Waals surface area contributed by atoms with Gasteiger partial charge in [-0.2, -0.15) is 4.98 Å². The van der Waals surface area contributed by atoms with Crippen molar-refractivity contribution in [1.29, 1.82) is 0 Å². The maximum absolute atomic E-state index is 5.43. The van der Waals surface area contributed by atoms with Crippen molar-refractivity contribution >= 4 is 0 Å². The average molecular weight is 240 g/mol. The van der Waals surface area contributed by atoms with Crippen molar-refractivity contribution in [2.45, 2.75) is 32.6 Å². The van der Waals surface area contributed by atoms with E-state index in [1.165, 1.54) is 0 Å². The first-order valence-corrected chi connectivity index (χ1v) is 6.02. The van der Waals surface area contributed by atoms with Crippen LogP contribution in [0.15, 0.2) is 4.52 Å². The lowest BCUT2D eigenvalue weighted by molar-refractivity contribution is 0.0485. The van der Waals surface area contributed by atoms with E-state index in [-0.39, 0.29) is 12.1 Å². The van der Waals surface area contributed by atoms with Gasteiger partial charge in [0.05, 0.1) is 12.1 Å². The predicted molar refractivity (Wildman–Crippen MR) is 62.5 cm³/mol. The summed E-state index contributed by atoms with van der Waals surface area (Å²) >= 11 is 0. The SMILES string of the molecule is CC(C)OCc1nc(C2CNCCN2C)no1. The summed E-state index contributed by atoms with van der Waals surface area (Å²) in [5.74, 6) is 1.29. The molecule has 1 N–H and O–H groups in total. The van der Waals surface area contributed by atoms with Crippen LogP contribution in [-0.4, -0.2) is 47.8 Å². The van der Waals surface area contributed by atoms with Crippen molar-refractivity contribution in [3.8, 4) is 0 Å². The second-order valence-electron chi connectivity index (χ2n) is 4.61. The zero-order valence-corrected chi connectivity index (χ0v) is 10.6. The van der Waals surface area contributed by atoms with Crippen LogP contribution in [0, 0.1) is 0 Å². The van der Waals surface area contributed by atoms with Crippen molar-refractivity contribution < 1.29 is 9.26 Å². The van der Waals surface area contributed by atoms with Gasteiger partial charge in [0.25, 0.3) is 5.89 Å². The molecule has 0 radical (unpaired) electrons. The molecule has 1 aliphatic rings. The molecule has 0 bridgehead atoms. The van der Waals surface area contributed by atoms with Gasteiger partial charge in [0.15, 0.2) is 5.82 Å². The van der Waals surface area contributed by atoms with Crippen LogP contribution < -0.4 is 5.32 Å². The van der Waals surface area contributed by atoms with E-state index in [2.05, 4.69) is 27.4 Å². The Kier molecular flexibility index (Phi) is 4.09. The Balaban J connectivity index is 1.97. The Morgan fingerprint density at radius 1 is 1.59 bits per heavy atom. The number of nitrogens with zero attached hydrogens (tertiary/aromatic N) is 3. The van der Waals surface area contributed by atoms with E-state index in [9.17, 15) is 0 Å². The summed E-state index contributed by atoms with van der Waals surface area (Å²) in [4.78, 5) is 6.60. The monoisotopic (exact) mass is 240 g/mol.